The standard InChI is InChI=1S/C16H28F3N3O/c1-12-4-6-22(7-5-12)15(23)13(2)20-8-10-21(11-9-20)14(3)16(17,18)19/h12-14H,4-11H2,1-3H3/t13-,14-/m1/s1. The molecule has 1 amide bonds. The molecule has 0 spiro atoms. The van der Waals surface area contributed by atoms with Gasteiger partial charge in [0.15, 0.2) is 0 Å². The van der Waals surface area contributed by atoms with Gasteiger partial charge in [-0.1, -0.05) is 6.92 Å². The number of piperazine rings is 1. The molecule has 0 bridgehead atoms. The van der Waals surface area contributed by atoms with E-state index in [0.29, 0.717) is 32.1 Å². The van der Waals surface area contributed by atoms with Crippen LogP contribution in [0.1, 0.15) is 33.6 Å². The normalized spacial score (nSPS) is 25.4. The van der Waals surface area contributed by atoms with Crippen LogP contribution < -0.4 is 0 Å². The SMILES string of the molecule is CC1CCN(C(=O)[C@@H](C)N2CCN([C@H](C)C(F)(F)F)CC2)CC1. The lowest BCUT2D eigenvalue weighted by Crippen LogP contribution is -2.58. The molecule has 0 aromatic heterocycles. The highest BCUT2D eigenvalue weighted by Crippen LogP contribution is 2.25. The number of rotatable bonds is 3. The average molecular weight is 335 g/mol. The van der Waals surface area contributed by atoms with Gasteiger partial charge in [0.25, 0.3) is 0 Å². The molecule has 0 saturated carbocycles. The minimum absolute atomic E-state index is 0.120. The van der Waals surface area contributed by atoms with E-state index in [1.165, 1.54) is 11.8 Å². The summed E-state index contributed by atoms with van der Waals surface area (Å²) in [6.45, 7) is 8.62. The first kappa shape index (κ1) is 18.5. The van der Waals surface area contributed by atoms with Gasteiger partial charge in [-0.3, -0.25) is 14.6 Å². The summed E-state index contributed by atoms with van der Waals surface area (Å²) >= 11 is 0. The molecule has 2 saturated heterocycles. The van der Waals surface area contributed by atoms with Gasteiger partial charge in [-0.05, 0) is 32.6 Å². The van der Waals surface area contributed by atoms with Crippen LogP contribution >= 0.6 is 0 Å². The summed E-state index contributed by atoms with van der Waals surface area (Å²) < 4.78 is 38.3. The van der Waals surface area contributed by atoms with Crippen LogP contribution in [0.5, 0.6) is 0 Å². The number of piperidine rings is 1. The second kappa shape index (κ2) is 7.38. The summed E-state index contributed by atoms with van der Waals surface area (Å²) in [4.78, 5) is 17.9. The quantitative estimate of drug-likeness (QED) is 0.791. The van der Waals surface area contributed by atoms with E-state index in [4.69, 9.17) is 0 Å². The summed E-state index contributed by atoms with van der Waals surface area (Å²) in [7, 11) is 0. The van der Waals surface area contributed by atoms with Crippen molar-refractivity contribution in [3.63, 3.8) is 0 Å². The number of halogens is 3. The molecule has 2 rings (SSSR count). The molecule has 0 radical (unpaired) electrons. The Hall–Kier alpha value is -0.820. The average Bonchev–Trinajstić information content (AvgIpc) is 2.53. The van der Waals surface area contributed by atoms with Crippen molar-refractivity contribution in [3.8, 4) is 0 Å². The number of hydrogen-bond acceptors (Lipinski definition) is 3. The number of likely N-dealkylation sites (tertiary alicyclic amines) is 1. The third-order valence-electron chi connectivity index (χ3n) is 5.37. The summed E-state index contributed by atoms with van der Waals surface area (Å²) in [5.41, 5.74) is 0. The third-order valence-corrected chi connectivity index (χ3v) is 5.37. The van der Waals surface area contributed by atoms with Crippen LogP contribution in [0, 0.1) is 5.92 Å². The van der Waals surface area contributed by atoms with Gasteiger partial charge < -0.3 is 4.90 Å². The second-order valence-electron chi connectivity index (χ2n) is 6.97. The van der Waals surface area contributed by atoms with Crippen LogP contribution in [-0.4, -0.2) is 78.1 Å². The molecule has 0 aromatic rings. The van der Waals surface area contributed by atoms with Crippen LogP contribution in [0.25, 0.3) is 0 Å². The lowest BCUT2D eigenvalue weighted by Gasteiger charge is -2.42. The predicted octanol–water partition coefficient (Wildman–Crippen LogP) is 2.20. The van der Waals surface area contributed by atoms with Gasteiger partial charge in [0, 0.05) is 39.3 Å². The van der Waals surface area contributed by atoms with Gasteiger partial charge in [0.1, 0.15) is 6.04 Å². The minimum Gasteiger partial charge on any atom is -0.341 e. The molecule has 7 heteroatoms. The smallest absolute Gasteiger partial charge is 0.341 e. The van der Waals surface area contributed by atoms with Crippen molar-refractivity contribution in [2.45, 2.75) is 51.9 Å². The number of carbonyl (C=O) groups is 1. The highest BCUT2D eigenvalue weighted by Gasteiger charge is 2.41. The Kier molecular flexibility index (Phi) is 5.94. The van der Waals surface area contributed by atoms with E-state index in [0.717, 1.165) is 25.9 Å². The molecular weight excluding hydrogens is 307 g/mol. The molecule has 0 unspecified atom stereocenters. The maximum atomic E-state index is 12.8. The summed E-state index contributed by atoms with van der Waals surface area (Å²) in [6.07, 6.45) is -2.11. The Balaban J connectivity index is 1.83. The predicted molar refractivity (Wildman–Crippen MR) is 83.1 cm³/mol. The number of amides is 1. The molecule has 2 aliphatic rings. The molecule has 23 heavy (non-hydrogen) atoms. The fourth-order valence-corrected chi connectivity index (χ4v) is 3.37. The summed E-state index contributed by atoms with van der Waals surface area (Å²) in [5, 5.41) is 0. The molecule has 0 aromatic carbocycles. The van der Waals surface area contributed by atoms with E-state index in [1.54, 1.807) is 0 Å². The summed E-state index contributed by atoms with van der Waals surface area (Å²) in [5.74, 6) is 0.788. The third kappa shape index (κ3) is 4.59. The first-order chi connectivity index (χ1) is 10.7. The van der Waals surface area contributed by atoms with Crippen molar-refractivity contribution in [1.82, 2.24) is 14.7 Å². The van der Waals surface area contributed by atoms with E-state index in [1.807, 2.05) is 16.7 Å². The first-order valence-corrected chi connectivity index (χ1v) is 8.53. The van der Waals surface area contributed by atoms with Crippen molar-refractivity contribution < 1.29 is 18.0 Å². The Morgan fingerprint density at radius 3 is 1.91 bits per heavy atom. The maximum Gasteiger partial charge on any atom is 0.403 e. The Bertz CT molecular complexity index is 400. The lowest BCUT2D eigenvalue weighted by atomic mass is 9.98. The summed E-state index contributed by atoms with van der Waals surface area (Å²) in [6, 6.07) is -1.66. The van der Waals surface area contributed by atoms with E-state index >= 15 is 0 Å². The molecule has 134 valence electrons. The van der Waals surface area contributed by atoms with Crippen LogP contribution in [0.15, 0.2) is 0 Å². The molecule has 2 atom stereocenters. The molecule has 4 nitrogen and oxygen atoms in total. The van der Waals surface area contributed by atoms with Gasteiger partial charge in [0.2, 0.25) is 5.91 Å². The monoisotopic (exact) mass is 335 g/mol. The van der Waals surface area contributed by atoms with Crippen LogP contribution in [0.4, 0.5) is 13.2 Å². The fraction of sp³-hybridized carbons (Fsp3) is 0.938. The molecule has 2 aliphatic heterocycles. The van der Waals surface area contributed by atoms with Gasteiger partial charge in [0.05, 0.1) is 6.04 Å². The van der Waals surface area contributed by atoms with Gasteiger partial charge in [-0.25, -0.2) is 0 Å². The lowest BCUT2D eigenvalue weighted by molar-refractivity contribution is -0.183. The second-order valence-corrected chi connectivity index (χ2v) is 6.97. The number of carbonyl (C=O) groups excluding carboxylic acids is 1. The van der Waals surface area contributed by atoms with E-state index in [2.05, 4.69) is 6.92 Å². The van der Waals surface area contributed by atoms with Crippen molar-refractivity contribution in [2.24, 2.45) is 5.92 Å². The largest absolute Gasteiger partial charge is 0.403 e. The van der Waals surface area contributed by atoms with Crippen molar-refractivity contribution in [1.29, 1.82) is 0 Å². The number of hydrogen-bond donors (Lipinski definition) is 0. The molecule has 2 fully saturated rings. The van der Waals surface area contributed by atoms with Crippen LogP contribution in [0.3, 0.4) is 0 Å². The Labute approximate surface area is 136 Å². The zero-order valence-corrected chi connectivity index (χ0v) is 14.3. The van der Waals surface area contributed by atoms with Gasteiger partial charge in [-0.2, -0.15) is 13.2 Å². The van der Waals surface area contributed by atoms with Crippen molar-refractivity contribution >= 4 is 5.91 Å². The van der Waals surface area contributed by atoms with Gasteiger partial charge >= 0.3 is 6.18 Å². The van der Waals surface area contributed by atoms with Crippen LogP contribution in [0.2, 0.25) is 0 Å². The minimum atomic E-state index is -4.19. The molecule has 0 aliphatic carbocycles. The maximum absolute atomic E-state index is 12.8. The zero-order chi connectivity index (χ0) is 17.2. The fourth-order valence-electron chi connectivity index (χ4n) is 3.37. The Morgan fingerprint density at radius 1 is 0.957 bits per heavy atom. The van der Waals surface area contributed by atoms with Crippen LogP contribution in [-0.2, 0) is 4.79 Å². The molecular formula is C16H28F3N3O. The van der Waals surface area contributed by atoms with E-state index < -0.39 is 12.2 Å². The highest BCUT2D eigenvalue weighted by molar-refractivity contribution is 5.81. The highest BCUT2D eigenvalue weighted by atomic mass is 19.4. The van der Waals surface area contributed by atoms with Crippen molar-refractivity contribution in [2.75, 3.05) is 39.3 Å². The number of nitrogens with zero attached hydrogens (tertiary/aromatic N) is 3. The van der Waals surface area contributed by atoms with E-state index in [9.17, 15) is 18.0 Å². The molecule has 0 N–H and O–H groups in total. The number of alkyl halides is 3. The zero-order valence-electron chi connectivity index (χ0n) is 14.3. The van der Waals surface area contributed by atoms with Gasteiger partial charge in [-0.15, -0.1) is 0 Å². The Morgan fingerprint density at radius 2 is 1.43 bits per heavy atom. The first-order valence-electron chi connectivity index (χ1n) is 8.53. The topological polar surface area (TPSA) is 26.8 Å². The van der Waals surface area contributed by atoms with E-state index in [-0.39, 0.29) is 11.9 Å². The van der Waals surface area contributed by atoms with Crippen molar-refractivity contribution in [3.05, 3.63) is 0 Å². The molecule has 2 heterocycles.